The summed E-state index contributed by atoms with van der Waals surface area (Å²) in [7, 11) is 0. The van der Waals surface area contributed by atoms with Crippen LogP contribution < -0.4 is 11.1 Å². The number of amides is 1. The summed E-state index contributed by atoms with van der Waals surface area (Å²) in [5.74, 6) is 1.04. The Bertz CT molecular complexity index is 660. The minimum Gasteiger partial charge on any atom is -0.328 e. The first-order valence-corrected chi connectivity index (χ1v) is 9.37. The number of hydrogen-bond donors (Lipinski definition) is 2. The molecule has 0 bridgehead atoms. The van der Waals surface area contributed by atoms with Crippen LogP contribution in [-0.2, 0) is 10.5 Å². The molecular weight excluding hydrogens is 318 g/mol. The molecule has 24 heavy (non-hydrogen) atoms. The normalized spacial score (nSPS) is 20.5. The van der Waals surface area contributed by atoms with Crippen LogP contribution in [0.4, 0.5) is 5.69 Å². The fourth-order valence-electron chi connectivity index (χ4n) is 2.99. The van der Waals surface area contributed by atoms with Crippen molar-refractivity contribution in [2.45, 2.75) is 42.4 Å². The monoisotopic (exact) mass is 341 g/mol. The number of nitrogens with two attached hydrogens (primary N) is 1. The second-order valence-corrected chi connectivity index (χ2v) is 7.34. The zero-order chi connectivity index (χ0) is 16.8. The minimum atomic E-state index is 0.0494. The summed E-state index contributed by atoms with van der Waals surface area (Å²) in [6.07, 6.45) is 7.49. The molecule has 1 heterocycles. The Balaban J connectivity index is 1.51. The van der Waals surface area contributed by atoms with Crippen molar-refractivity contribution in [3.8, 4) is 0 Å². The van der Waals surface area contributed by atoms with Gasteiger partial charge >= 0.3 is 0 Å². The summed E-state index contributed by atoms with van der Waals surface area (Å²) < 4.78 is 0. The number of rotatable bonds is 5. The van der Waals surface area contributed by atoms with Crippen LogP contribution in [0.25, 0.3) is 0 Å². The third kappa shape index (κ3) is 4.82. The van der Waals surface area contributed by atoms with Gasteiger partial charge in [-0.2, -0.15) is 0 Å². The predicted octanol–water partition coefficient (Wildman–Crippen LogP) is 3.83. The number of carbonyl (C=O) groups excluding carboxylic acids is 1. The molecule has 0 saturated heterocycles. The molecule has 2 unspecified atom stereocenters. The van der Waals surface area contributed by atoms with Gasteiger partial charge in [0.2, 0.25) is 5.91 Å². The number of nitrogens with zero attached hydrogens (tertiary/aromatic N) is 1. The Hall–Kier alpha value is -1.85. The van der Waals surface area contributed by atoms with Gasteiger partial charge in [-0.25, -0.2) is 0 Å². The molecule has 2 atom stereocenters. The fraction of sp³-hybridized carbons (Fsp3) is 0.368. The summed E-state index contributed by atoms with van der Waals surface area (Å²) in [4.78, 5) is 17.6. The van der Waals surface area contributed by atoms with Gasteiger partial charge in [-0.15, -0.1) is 11.8 Å². The van der Waals surface area contributed by atoms with Crippen molar-refractivity contribution in [3.63, 3.8) is 0 Å². The highest BCUT2D eigenvalue weighted by Crippen LogP contribution is 2.26. The zero-order valence-electron chi connectivity index (χ0n) is 13.7. The molecule has 0 aliphatic heterocycles. The first-order chi connectivity index (χ1) is 11.7. The Kier molecular flexibility index (Phi) is 5.88. The lowest BCUT2D eigenvalue weighted by Gasteiger charge is -2.25. The van der Waals surface area contributed by atoms with E-state index in [0.717, 1.165) is 37.1 Å². The summed E-state index contributed by atoms with van der Waals surface area (Å²) in [5, 5.41) is 3.02. The van der Waals surface area contributed by atoms with Crippen molar-refractivity contribution in [3.05, 3.63) is 54.4 Å². The van der Waals surface area contributed by atoms with E-state index in [2.05, 4.69) is 16.4 Å². The van der Waals surface area contributed by atoms with Gasteiger partial charge in [-0.3, -0.25) is 9.78 Å². The van der Waals surface area contributed by atoms with E-state index in [4.69, 9.17) is 5.73 Å². The number of anilines is 1. The lowest BCUT2D eigenvalue weighted by atomic mass is 9.85. The highest BCUT2D eigenvalue weighted by Gasteiger charge is 2.25. The molecule has 126 valence electrons. The minimum absolute atomic E-state index is 0.0494. The largest absolute Gasteiger partial charge is 0.328 e. The second-order valence-electron chi connectivity index (χ2n) is 6.29. The van der Waals surface area contributed by atoms with Crippen LogP contribution in [0.15, 0.2) is 53.7 Å². The van der Waals surface area contributed by atoms with Crippen LogP contribution in [0, 0.1) is 5.92 Å². The molecule has 0 radical (unpaired) electrons. The van der Waals surface area contributed by atoms with Crippen LogP contribution in [0.1, 0.15) is 31.2 Å². The van der Waals surface area contributed by atoms with Gasteiger partial charge in [-0.05, 0) is 55.2 Å². The van der Waals surface area contributed by atoms with Crippen molar-refractivity contribution in [1.29, 1.82) is 0 Å². The van der Waals surface area contributed by atoms with E-state index >= 15 is 0 Å². The molecule has 5 heteroatoms. The molecule has 3 N–H and O–H groups in total. The Labute approximate surface area is 147 Å². The molecule has 1 amide bonds. The Morgan fingerprint density at radius 1 is 1.25 bits per heavy atom. The highest BCUT2D eigenvalue weighted by molar-refractivity contribution is 7.98. The lowest BCUT2D eigenvalue weighted by molar-refractivity contribution is -0.120. The number of aromatic nitrogens is 1. The molecule has 1 aromatic carbocycles. The average molecular weight is 341 g/mol. The number of carbonyl (C=O) groups is 1. The van der Waals surface area contributed by atoms with Crippen molar-refractivity contribution in [2.24, 2.45) is 11.7 Å². The molecular formula is C19H23N3OS. The average Bonchev–Trinajstić information content (AvgIpc) is 2.62. The Morgan fingerprint density at radius 2 is 2.08 bits per heavy atom. The molecule has 1 fully saturated rings. The first-order valence-electron chi connectivity index (χ1n) is 8.39. The number of pyridine rings is 1. The summed E-state index contributed by atoms with van der Waals surface area (Å²) in [5.41, 5.74) is 8.02. The van der Waals surface area contributed by atoms with Gasteiger partial charge in [-0.1, -0.05) is 12.5 Å². The second kappa shape index (κ2) is 8.31. The van der Waals surface area contributed by atoms with Crippen LogP contribution >= 0.6 is 11.8 Å². The number of thioether (sulfide) groups is 1. The predicted molar refractivity (Wildman–Crippen MR) is 98.8 cm³/mol. The Morgan fingerprint density at radius 3 is 2.79 bits per heavy atom. The van der Waals surface area contributed by atoms with Crippen molar-refractivity contribution in [2.75, 3.05) is 5.32 Å². The summed E-state index contributed by atoms with van der Waals surface area (Å²) in [6.45, 7) is 0. The van der Waals surface area contributed by atoms with Crippen molar-refractivity contribution in [1.82, 2.24) is 4.98 Å². The van der Waals surface area contributed by atoms with E-state index in [0.29, 0.717) is 0 Å². The molecule has 1 aliphatic carbocycles. The molecule has 2 aromatic rings. The highest BCUT2D eigenvalue weighted by atomic mass is 32.2. The van der Waals surface area contributed by atoms with Gasteiger partial charge in [0.25, 0.3) is 0 Å². The van der Waals surface area contributed by atoms with Crippen LogP contribution in [0.3, 0.4) is 0 Å². The van der Waals surface area contributed by atoms with E-state index in [1.165, 1.54) is 10.5 Å². The topological polar surface area (TPSA) is 68.0 Å². The van der Waals surface area contributed by atoms with Crippen LogP contribution in [0.5, 0.6) is 0 Å². The van der Waals surface area contributed by atoms with E-state index in [-0.39, 0.29) is 17.9 Å². The molecule has 1 saturated carbocycles. The maximum Gasteiger partial charge on any atom is 0.227 e. The SMILES string of the molecule is NC1CCCC(C(=O)Nc2ccc(SCc3cccnc3)cc2)C1. The summed E-state index contributed by atoms with van der Waals surface area (Å²) in [6, 6.07) is 12.2. The standard InChI is InChI=1S/C19H23N3OS/c20-16-5-1-4-15(11-16)19(23)22-17-6-8-18(9-7-17)24-13-14-3-2-10-21-12-14/h2-3,6-10,12,15-16H,1,4-5,11,13,20H2,(H,22,23). The van der Waals surface area contributed by atoms with Gasteiger partial charge < -0.3 is 11.1 Å². The van der Waals surface area contributed by atoms with Gasteiger partial charge in [0.1, 0.15) is 0 Å². The van der Waals surface area contributed by atoms with E-state index < -0.39 is 0 Å². The van der Waals surface area contributed by atoms with E-state index in [1.807, 2.05) is 36.5 Å². The van der Waals surface area contributed by atoms with Gasteiger partial charge in [0.15, 0.2) is 0 Å². The molecule has 3 rings (SSSR count). The molecule has 1 aliphatic rings. The van der Waals surface area contributed by atoms with E-state index in [1.54, 1.807) is 18.0 Å². The smallest absolute Gasteiger partial charge is 0.227 e. The van der Waals surface area contributed by atoms with Crippen molar-refractivity contribution < 1.29 is 4.79 Å². The molecule has 1 aromatic heterocycles. The maximum atomic E-state index is 12.3. The number of benzene rings is 1. The van der Waals surface area contributed by atoms with Crippen LogP contribution in [0.2, 0.25) is 0 Å². The lowest BCUT2D eigenvalue weighted by Crippen LogP contribution is -2.34. The molecule has 0 spiro atoms. The van der Waals surface area contributed by atoms with Crippen molar-refractivity contribution >= 4 is 23.4 Å². The first kappa shape index (κ1) is 17.0. The number of hydrogen-bond acceptors (Lipinski definition) is 4. The molecule has 4 nitrogen and oxygen atoms in total. The third-order valence-electron chi connectivity index (χ3n) is 4.34. The van der Waals surface area contributed by atoms with Crippen LogP contribution in [-0.4, -0.2) is 16.9 Å². The van der Waals surface area contributed by atoms with Gasteiger partial charge in [0.05, 0.1) is 0 Å². The van der Waals surface area contributed by atoms with E-state index in [9.17, 15) is 4.79 Å². The summed E-state index contributed by atoms with van der Waals surface area (Å²) >= 11 is 1.76. The zero-order valence-corrected chi connectivity index (χ0v) is 14.5. The maximum absolute atomic E-state index is 12.3. The third-order valence-corrected chi connectivity index (χ3v) is 5.42. The number of nitrogens with one attached hydrogen (secondary N) is 1. The quantitative estimate of drug-likeness (QED) is 0.811. The fourth-order valence-corrected chi connectivity index (χ4v) is 3.83. The van der Waals surface area contributed by atoms with Gasteiger partial charge in [0, 0.05) is 40.7 Å².